The van der Waals surface area contributed by atoms with Gasteiger partial charge >= 0.3 is 0 Å². The van der Waals surface area contributed by atoms with Gasteiger partial charge in [-0.25, -0.2) is 5.06 Å². The van der Waals surface area contributed by atoms with Crippen LogP contribution in [-0.4, -0.2) is 49.1 Å². The fourth-order valence-corrected chi connectivity index (χ4v) is 2.30. The van der Waals surface area contributed by atoms with E-state index in [-0.39, 0.29) is 11.8 Å². The van der Waals surface area contributed by atoms with Crippen LogP contribution in [0.25, 0.3) is 0 Å². The summed E-state index contributed by atoms with van der Waals surface area (Å²) in [6, 6.07) is 6.69. The molecule has 116 valence electrons. The first-order chi connectivity index (χ1) is 9.99. The van der Waals surface area contributed by atoms with Crippen molar-refractivity contribution in [1.82, 2.24) is 10.4 Å². The molecule has 0 aliphatic carbocycles. The van der Waals surface area contributed by atoms with Gasteiger partial charge in [0.05, 0.1) is 7.11 Å². The van der Waals surface area contributed by atoms with Crippen molar-refractivity contribution in [2.45, 2.75) is 19.4 Å². The molecule has 0 saturated heterocycles. The number of carbonyl (C=O) groups is 2. The molecule has 0 saturated carbocycles. The summed E-state index contributed by atoms with van der Waals surface area (Å²) in [5, 5.41) is 3.93. The van der Waals surface area contributed by atoms with Gasteiger partial charge in [0, 0.05) is 12.6 Å². The van der Waals surface area contributed by atoms with Gasteiger partial charge in [-0.3, -0.25) is 14.4 Å². The number of amides is 2. The van der Waals surface area contributed by atoms with Crippen LogP contribution in [0.5, 0.6) is 0 Å². The molecule has 21 heavy (non-hydrogen) atoms. The first-order valence-corrected chi connectivity index (χ1v) is 8.07. The van der Waals surface area contributed by atoms with E-state index in [4.69, 9.17) is 4.84 Å². The molecule has 1 unspecified atom stereocenters. The van der Waals surface area contributed by atoms with Crippen LogP contribution in [0.3, 0.4) is 0 Å². The van der Waals surface area contributed by atoms with Crippen LogP contribution in [-0.2, 0) is 9.63 Å². The normalized spacial score (nSPS) is 11.8. The largest absolute Gasteiger partial charge is 0.340 e. The smallest absolute Gasteiger partial charge is 0.268 e. The van der Waals surface area contributed by atoms with Crippen molar-refractivity contribution in [2.75, 3.05) is 26.2 Å². The Morgan fingerprint density at radius 2 is 2.14 bits per heavy atom. The maximum absolute atomic E-state index is 12.3. The number of nitrogens with one attached hydrogen (secondary N) is 1. The Hall–Kier alpha value is -1.53. The fraction of sp³-hybridized carbons (Fsp3) is 0.467. The van der Waals surface area contributed by atoms with Crippen LogP contribution in [0.15, 0.2) is 24.3 Å². The standard InChI is InChI=1S/C15H22N2O3S/c1-11-6-5-7-12(10-11)14(18)16-13(8-9-21-4)15(19)17(2)20-3/h5-7,10,13H,8-9H2,1-4H3,(H,16,18). The molecular weight excluding hydrogens is 288 g/mol. The van der Waals surface area contributed by atoms with Crippen LogP contribution in [0.1, 0.15) is 22.3 Å². The second kappa shape index (κ2) is 8.69. The summed E-state index contributed by atoms with van der Waals surface area (Å²) < 4.78 is 0. The van der Waals surface area contributed by atoms with Crippen molar-refractivity contribution < 1.29 is 14.4 Å². The molecule has 0 aromatic heterocycles. The quantitative estimate of drug-likeness (QED) is 0.781. The molecule has 1 atom stereocenters. The third kappa shape index (κ3) is 5.40. The molecule has 6 heteroatoms. The summed E-state index contributed by atoms with van der Waals surface area (Å²) in [4.78, 5) is 29.4. The third-order valence-electron chi connectivity index (χ3n) is 3.08. The second-order valence-corrected chi connectivity index (χ2v) is 5.68. The highest BCUT2D eigenvalue weighted by molar-refractivity contribution is 7.98. The molecule has 0 fully saturated rings. The molecule has 0 aliphatic heterocycles. The number of rotatable bonds is 7. The van der Waals surface area contributed by atoms with Crippen LogP contribution in [0.2, 0.25) is 0 Å². The number of thioether (sulfide) groups is 1. The summed E-state index contributed by atoms with van der Waals surface area (Å²) >= 11 is 1.63. The number of hydroxylamine groups is 2. The van der Waals surface area contributed by atoms with Crippen molar-refractivity contribution in [2.24, 2.45) is 0 Å². The Balaban J connectivity index is 2.80. The van der Waals surface area contributed by atoms with E-state index in [9.17, 15) is 9.59 Å². The average molecular weight is 310 g/mol. The van der Waals surface area contributed by atoms with E-state index < -0.39 is 6.04 Å². The molecule has 1 aromatic carbocycles. The number of carbonyl (C=O) groups excluding carboxylic acids is 2. The van der Waals surface area contributed by atoms with Crippen LogP contribution in [0.4, 0.5) is 0 Å². The predicted octanol–water partition coefficient (Wildman–Crippen LogP) is 1.87. The van der Waals surface area contributed by atoms with Crippen molar-refractivity contribution in [3.05, 3.63) is 35.4 Å². The van der Waals surface area contributed by atoms with Gasteiger partial charge in [0.2, 0.25) is 0 Å². The minimum atomic E-state index is -0.588. The van der Waals surface area contributed by atoms with Crippen LogP contribution < -0.4 is 5.32 Å². The van der Waals surface area contributed by atoms with Gasteiger partial charge in [0.15, 0.2) is 0 Å². The van der Waals surface area contributed by atoms with E-state index in [1.165, 1.54) is 14.2 Å². The number of benzene rings is 1. The molecule has 1 aromatic rings. The highest BCUT2D eigenvalue weighted by Gasteiger charge is 2.24. The fourth-order valence-electron chi connectivity index (χ4n) is 1.83. The number of nitrogens with zero attached hydrogens (tertiary/aromatic N) is 1. The maximum Gasteiger partial charge on any atom is 0.268 e. The summed E-state index contributed by atoms with van der Waals surface area (Å²) in [5.41, 5.74) is 1.56. The second-order valence-electron chi connectivity index (χ2n) is 4.70. The SMILES string of the molecule is CON(C)C(=O)C(CCSC)NC(=O)c1cccc(C)c1. The molecule has 0 radical (unpaired) electrons. The topological polar surface area (TPSA) is 58.6 Å². The zero-order valence-electron chi connectivity index (χ0n) is 12.9. The highest BCUT2D eigenvalue weighted by Crippen LogP contribution is 2.08. The Morgan fingerprint density at radius 1 is 1.43 bits per heavy atom. The minimum Gasteiger partial charge on any atom is -0.340 e. The third-order valence-corrected chi connectivity index (χ3v) is 3.72. The van der Waals surface area contributed by atoms with E-state index in [1.807, 2.05) is 25.3 Å². The number of likely N-dealkylation sites (N-methyl/N-ethyl adjacent to an activating group) is 1. The molecule has 2 amide bonds. The van der Waals surface area contributed by atoms with E-state index in [0.29, 0.717) is 12.0 Å². The van der Waals surface area contributed by atoms with Gasteiger partial charge in [-0.05, 0) is 37.5 Å². The Morgan fingerprint density at radius 3 is 2.71 bits per heavy atom. The summed E-state index contributed by atoms with van der Waals surface area (Å²) in [6.07, 6.45) is 2.52. The summed E-state index contributed by atoms with van der Waals surface area (Å²) in [5.74, 6) is 0.275. The molecule has 1 N–H and O–H groups in total. The first-order valence-electron chi connectivity index (χ1n) is 6.67. The predicted molar refractivity (Wildman–Crippen MR) is 85.2 cm³/mol. The Labute approximate surface area is 130 Å². The molecule has 0 bridgehead atoms. The zero-order valence-corrected chi connectivity index (χ0v) is 13.7. The lowest BCUT2D eigenvalue weighted by atomic mass is 10.1. The Bertz CT molecular complexity index is 494. The van der Waals surface area contributed by atoms with Crippen molar-refractivity contribution in [3.63, 3.8) is 0 Å². The summed E-state index contributed by atoms with van der Waals surface area (Å²) in [6.45, 7) is 1.92. The summed E-state index contributed by atoms with van der Waals surface area (Å²) in [7, 11) is 2.96. The van der Waals surface area contributed by atoms with Gasteiger partial charge in [-0.15, -0.1) is 0 Å². The van der Waals surface area contributed by atoms with E-state index in [0.717, 1.165) is 16.4 Å². The zero-order chi connectivity index (χ0) is 15.8. The highest BCUT2D eigenvalue weighted by atomic mass is 32.2. The average Bonchev–Trinajstić information content (AvgIpc) is 2.49. The minimum absolute atomic E-state index is 0.248. The number of aryl methyl sites for hydroxylation is 1. The molecular formula is C15H22N2O3S. The Kier molecular flexibility index (Phi) is 7.25. The molecule has 0 heterocycles. The van der Waals surface area contributed by atoms with Gasteiger partial charge < -0.3 is 5.32 Å². The van der Waals surface area contributed by atoms with Gasteiger partial charge in [0.25, 0.3) is 11.8 Å². The monoisotopic (exact) mass is 310 g/mol. The van der Waals surface area contributed by atoms with Crippen LogP contribution in [0, 0.1) is 6.92 Å². The molecule has 0 aliphatic rings. The van der Waals surface area contributed by atoms with E-state index in [2.05, 4.69) is 5.32 Å². The van der Waals surface area contributed by atoms with Crippen molar-refractivity contribution in [3.8, 4) is 0 Å². The van der Waals surface area contributed by atoms with Crippen LogP contribution >= 0.6 is 11.8 Å². The van der Waals surface area contributed by atoms with Crippen molar-refractivity contribution >= 4 is 23.6 Å². The van der Waals surface area contributed by atoms with Crippen molar-refractivity contribution in [1.29, 1.82) is 0 Å². The maximum atomic E-state index is 12.3. The van der Waals surface area contributed by atoms with Gasteiger partial charge in [0.1, 0.15) is 6.04 Å². The van der Waals surface area contributed by atoms with Gasteiger partial charge in [-0.2, -0.15) is 11.8 Å². The lowest BCUT2D eigenvalue weighted by Crippen LogP contribution is -2.47. The lowest BCUT2D eigenvalue weighted by Gasteiger charge is -2.22. The van der Waals surface area contributed by atoms with Gasteiger partial charge in [-0.1, -0.05) is 17.7 Å². The van der Waals surface area contributed by atoms with E-state index >= 15 is 0 Å². The first kappa shape index (κ1) is 17.5. The number of hydrogen-bond donors (Lipinski definition) is 1. The number of hydrogen-bond acceptors (Lipinski definition) is 4. The van der Waals surface area contributed by atoms with E-state index in [1.54, 1.807) is 23.9 Å². The molecule has 0 spiro atoms. The lowest BCUT2D eigenvalue weighted by molar-refractivity contribution is -0.170. The molecule has 5 nitrogen and oxygen atoms in total. The molecule has 1 rings (SSSR count).